The Hall–Kier alpha value is -2.44. The zero-order valence-electron chi connectivity index (χ0n) is 16.3. The molecule has 2 aliphatic heterocycles. The summed E-state index contributed by atoms with van der Waals surface area (Å²) in [7, 11) is 0. The minimum atomic E-state index is -0.695. The van der Waals surface area contributed by atoms with Crippen LogP contribution in [0.1, 0.15) is 49.4 Å². The Morgan fingerprint density at radius 1 is 1.00 bits per heavy atom. The van der Waals surface area contributed by atoms with Gasteiger partial charge in [-0.1, -0.05) is 12.1 Å². The molecule has 2 saturated heterocycles. The number of hydrogen-bond donors (Lipinski definition) is 1. The number of carbonyl (C=O) groups is 3. The van der Waals surface area contributed by atoms with Crippen molar-refractivity contribution < 1.29 is 18.8 Å². The third kappa shape index (κ3) is 4.69. The lowest BCUT2D eigenvalue weighted by atomic mass is 9.87. The van der Waals surface area contributed by atoms with Gasteiger partial charge in [-0.05, 0) is 50.2 Å². The van der Waals surface area contributed by atoms with Crippen LogP contribution in [0.25, 0.3) is 0 Å². The molecule has 0 spiro atoms. The molecule has 7 heteroatoms. The van der Waals surface area contributed by atoms with Gasteiger partial charge in [0.15, 0.2) is 0 Å². The SMILES string of the molecule is CC(=O)N1CCC(C(NC(=O)c2ccccc2F)C(=O)N2CCCCC2)CC1. The molecule has 3 amide bonds. The first-order valence-corrected chi connectivity index (χ1v) is 10.1. The molecule has 0 aromatic heterocycles. The number of nitrogens with zero attached hydrogens (tertiary/aromatic N) is 2. The van der Waals surface area contributed by atoms with Crippen molar-refractivity contribution in [2.45, 2.75) is 45.1 Å². The van der Waals surface area contributed by atoms with Crippen molar-refractivity contribution in [1.29, 1.82) is 0 Å². The summed E-state index contributed by atoms with van der Waals surface area (Å²) in [5.41, 5.74) is -0.0554. The van der Waals surface area contributed by atoms with Gasteiger partial charge in [0.25, 0.3) is 5.91 Å². The van der Waals surface area contributed by atoms with E-state index >= 15 is 0 Å². The molecule has 1 atom stereocenters. The highest BCUT2D eigenvalue weighted by Gasteiger charge is 2.36. The van der Waals surface area contributed by atoms with Crippen LogP contribution in [-0.4, -0.2) is 59.7 Å². The summed E-state index contributed by atoms with van der Waals surface area (Å²) in [5, 5.41) is 2.81. The lowest BCUT2D eigenvalue weighted by Crippen LogP contribution is -2.55. The van der Waals surface area contributed by atoms with Crippen LogP contribution >= 0.6 is 0 Å². The van der Waals surface area contributed by atoms with E-state index < -0.39 is 17.8 Å². The topological polar surface area (TPSA) is 69.7 Å². The van der Waals surface area contributed by atoms with Crippen molar-refractivity contribution >= 4 is 17.7 Å². The minimum absolute atomic E-state index is 0.0211. The molecule has 28 heavy (non-hydrogen) atoms. The van der Waals surface area contributed by atoms with Crippen LogP contribution in [0.15, 0.2) is 24.3 Å². The van der Waals surface area contributed by atoms with E-state index in [0.29, 0.717) is 39.0 Å². The molecular weight excluding hydrogens is 361 g/mol. The molecule has 1 unspecified atom stereocenters. The van der Waals surface area contributed by atoms with Gasteiger partial charge >= 0.3 is 0 Å². The molecule has 2 fully saturated rings. The fourth-order valence-electron chi connectivity index (χ4n) is 4.10. The Kier molecular flexibility index (Phi) is 6.65. The van der Waals surface area contributed by atoms with Crippen LogP contribution in [0.5, 0.6) is 0 Å². The first kappa shape index (κ1) is 20.3. The summed E-state index contributed by atoms with van der Waals surface area (Å²) in [6.07, 6.45) is 4.31. The van der Waals surface area contributed by atoms with Gasteiger partial charge in [0.05, 0.1) is 5.56 Å². The summed E-state index contributed by atoms with van der Waals surface area (Å²) in [4.78, 5) is 41.1. The van der Waals surface area contributed by atoms with Crippen molar-refractivity contribution in [3.05, 3.63) is 35.6 Å². The Morgan fingerprint density at radius 3 is 2.25 bits per heavy atom. The molecule has 1 N–H and O–H groups in total. The molecular formula is C21H28FN3O3. The molecule has 2 heterocycles. The average Bonchev–Trinajstić information content (AvgIpc) is 2.72. The molecule has 6 nitrogen and oxygen atoms in total. The predicted octanol–water partition coefficient (Wildman–Crippen LogP) is 2.20. The smallest absolute Gasteiger partial charge is 0.254 e. The zero-order chi connectivity index (χ0) is 20.1. The van der Waals surface area contributed by atoms with Crippen molar-refractivity contribution in [1.82, 2.24) is 15.1 Å². The van der Waals surface area contributed by atoms with E-state index in [1.807, 2.05) is 4.90 Å². The zero-order valence-corrected chi connectivity index (χ0v) is 16.3. The summed E-state index contributed by atoms with van der Waals surface area (Å²) in [5.74, 6) is -1.31. The van der Waals surface area contributed by atoms with Gasteiger partial charge in [-0.15, -0.1) is 0 Å². The lowest BCUT2D eigenvalue weighted by molar-refractivity contribution is -0.136. The van der Waals surface area contributed by atoms with Crippen molar-refractivity contribution in [2.24, 2.45) is 5.92 Å². The number of halogens is 1. The number of amides is 3. The van der Waals surface area contributed by atoms with Crippen LogP contribution in [0.4, 0.5) is 4.39 Å². The average molecular weight is 389 g/mol. The second-order valence-corrected chi connectivity index (χ2v) is 7.66. The number of carbonyl (C=O) groups excluding carboxylic acids is 3. The van der Waals surface area contributed by atoms with E-state index in [2.05, 4.69) is 5.32 Å². The van der Waals surface area contributed by atoms with E-state index in [1.165, 1.54) is 25.1 Å². The van der Waals surface area contributed by atoms with Crippen molar-refractivity contribution in [3.63, 3.8) is 0 Å². The van der Waals surface area contributed by atoms with E-state index in [4.69, 9.17) is 0 Å². The van der Waals surface area contributed by atoms with Crippen molar-refractivity contribution in [3.8, 4) is 0 Å². The van der Waals surface area contributed by atoms with Crippen LogP contribution in [0, 0.1) is 11.7 Å². The number of likely N-dealkylation sites (tertiary alicyclic amines) is 2. The molecule has 0 bridgehead atoms. The van der Waals surface area contributed by atoms with Gasteiger partial charge in [0, 0.05) is 33.1 Å². The Bertz CT molecular complexity index is 725. The number of rotatable bonds is 4. The quantitative estimate of drug-likeness (QED) is 0.858. The third-order valence-corrected chi connectivity index (χ3v) is 5.80. The summed E-state index contributed by atoms with van der Waals surface area (Å²) >= 11 is 0. The first-order valence-electron chi connectivity index (χ1n) is 10.1. The maximum atomic E-state index is 14.0. The largest absolute Gasteiger partial charge is 0.343 e. The number of nitrogens with one attached hydrogen (secondary N) is 1. The predicted molar refractivity (Wildman–Crippen MR) is 103 cm³/mol. The maximum Gasteiger partial charge on any atom is 0.254 e. The third-order valence-electron chi connectivity index (χ3n) is 5.80. The second-order valence-electron chi connectivity index (χ2n) is 7.66. The Morgan fingerprint density at radius 2 is 1.64 bits per heavy atom. The minimum Gasteiger partial charge on any atom is -0.343 e. The van der Waals surface area contributed by atoms with E-state index in [1.54, 1.807) is 11.0 Å². The monoisotopic (exact) mass is 389 g/mol. The van der Waals surface area contributed by atoms with E-state index in [0.717, 1.165) is 19.3 Å². The first-order chi connectivity index (χ1) is 13.5. The number of benzene rings is 1. The molecule has 0 radical (unpaired) electrons. The lowest BCUT2D eigenvalue weighted by Gasteiger charge is -2.38. The maximum absolute atomic E-state index is 14.0. The van der Waals surface area contributed by atoms with E-state index in [9.17, 15) is 18.8 Å². The number of piperidine rings is 2. The molecule has 1 aromatic rings. The Balaban J connectivity index is 1.76. The molecule has 1 aromatic carbocycles. The van der Waals surface area contributed by atoms with Crippen LogP contribution < -0.4 is 5.32 Å². The normalized spacial score (nSPS) is 19.2. The van der Waals surface area contributed by atoms with Crippen LogP contribution in [0.2, 0.25) is 0 Å². The summed E-state index contributed by atoms with van der Waals surface area (Å²) < 4.78 is 14.0. The van der Waals surface area contributed by atoms with Gasteiger partial charge in [0.2, 0.25) is 11.8 Å². The fraction of sp³-hybridized carbons (Fsp3) is 0.571. The van der Waals surface area contributed by atoms with Gasteiger partial charge in [0.1, 0.15) is 11.9 Å². The van der Waals surface area contributed by atoms with Crippen LogP contribution in [0.3, 0.4) is 0 Å². The highest BCUT2D eigenvalue weighted by Crippen LogP contribution is 2.24. The molecule has 3 rings (SSSR count). The fourth-order valence-corrected chi connectivity index (χ4v) is 4.10. The highest BCUT2D eigenvalue weighted by atomic mass is 19.1. The summed E-state index contributed by atoms with van der Waals surface area (Å²) in [6, 6.07) is 5.09. The number of hydrogen-bond acceptors (Lipinski definition) is 3. The van der Waals surface area contributed by atoms with Gasteiger partial charge < -0.3 is 15.1 Å². The second kappa shape index (κ2) is 9.17. The highest BCUT2D eigenvalue weighted by molar-refractivity contribution is 5.97. The van der Waals surface area contributed by atoms with Crippen molar-refractivity contribution in [2.75, 3.05) is 26.2 Å². The molecule has 0 saturated carbocycles. The van der Waals surface area contributed by atoms with Gasteiger partial charge in [-0.2, -0.15) is 0 Å². The summed E-state index contributed by atoms with van der Waals surface area (Å²) in [6.45, 7) is 4.06. The van der Waals surface area contributed by atoms with E-state index in [-0.39, 0.29) is 23.3 Å². The van der Waals surface area contributed by atoms with Crippen LogP contribution in [-0.2, 0) is 9.59 Å². The standard InChI is InChI=1S/C21H28FN3O3/c1-15(26)24-13-9-16(10-14-24)19(21(28)25-11-5-2-6-12-25)23-20(27)17-7-3-4-8-18(17)22/h3-4,7-8,16,19H,2,5-6,9-14H2,1H3,(H,23,27). The molecule has 2 aliphatic rings. The molecule has 152 valence electrons. The van der Waals surface area contributed by atoms with Gasteiger partial charge in [-0.3, -0.25) is 14.4 Å². The molecule has 0 aliphatic carbocycles. The Labute approximate surface area is 165 Å². The van der Waals surface area contributed by atoms with Gasteiger partial charge in [-0.25, -0.2) is 4.39 Å².